The fourth-order valence-electron chi connectivity index (χ4n) is 1.89. The third kappa shape index (κ3) is 3.12. The van der Waals surface area contributed by atoms with E-state index in [1.165, 1.54) is 19.1 Å². The Hall–Kier alpha value is -1.78. The molecule has 0 amide bonds. The molecule has 0 saturated carbocycles. The molecule has 0 aliphatic heterocycles. The molecule has 0 spiro atoms. The number of para-hydroxylation sites is 1. The second-order valence-electron chi connectivity index (χ2n) is 4.66. The number of benzene rings is 2. The van der Waals surface area contributed by atoms with Gasteiger partial charge in [-0.25, -0.2) is 9.18 Å². The molecule has 0 heterocycles. The quantitative estimate of drug-likeness (QED) is 0.866. The van der Waals surface area contributed by atoms with E-state index in [4.69, 9.17) is 23.2 Å². The summed E-state index contributed by atoms with van der Waals surface area (Å²) in [5.74, 6) is -1.74. The van der Waals surface area contributed by atoms with E-state index in [0.29, 0.717) is 16.3 Å². The van der Waals surface area contributed by atoms with Crippen molar-refractivity contribution in [1.29, 1.82) is 0 Å². The van der Waals surface area contributed by atoms with Gasteiger partial charge in [-0.15, -0.1) is 0 Å². The van der Waals surface area contributed by atoms with Crippen LogP contribution in [0.15, 0.2) is 42.5 Å². The molecule has 0 fully saturated rings. The highest BCUT2D eigenvalue weighted by Crippen LogP contribution is 2.32. The molecular formula is C15H12Cl2FNO2. The van der Waals surface area contributed by atoms with Gasteiger partial charge in [0.25, 0.3) is 0 Å². The smallest absolute Gasteiger partial charge is 0.333 e. The van der Waals surface area contributed by atoms with Gasteiger partial charge in [0.2, 0.25) is 0 Å². The van der Waals surface area contributed by atoms with Crippen LogP contribution in [0, 0.1) is 5.82 Å². The molecular weight excluding hydrogens is 316 g/mol. The van der Waals surface area contributed by atoms with Crippen molar-refractivity contribution >= 4 is 34.9 Å². The van der Waals surface area contributed by atoms with E-state index in [1.807, 2.05) is 0 Å². The number of aliphatic carboxylic acids is 1. The van der Waals surface area contributed by atoms with Crippen LogP contribution in [-0.4, -0.2) is 11.1 Å². The predicted octanol–water partition coefficient (Wildman–Crippen LogP) is 4.54. The zero-order valence-corrected chi connectivity index (χ0v) is 12.5. The van der Waals surface area contributed by atoms with E-state index in [2.05, 4.69) is 5.32 Å². The molecule has 0 aromatic heterocycles. The highest BCUT2D eigenvalue weighted by Gasteiger charge is 2.36. The Bertz CT molecular complexity index is 693. The normalized spacial score (nSPS) is 13.5. The van der Waals surface area contributed by atoms with Gasteiger partial charge in [0, 0.05) is 0 Å². The van der Waals surface area contributed by atoms with E-state index in [9.17, 15) is 14.3 Å². The highest BCUT2D eigenvalue weighted by molar-refractivity contribution is 6.33. The number of nitrogens with one attached hydrogen (secondary N) is 1. The molecule has 110 valence electrons. The zero-order valence-electron chi connectivity index (χ0n) is 11.0. The van der Waals surface area contributed by atoms with Gasteiger partial charge in [0.1, 0.15) is 5.82 Å². The topological polar surface area (TPSA) is 49.3 Å². The number of carboxylic acid groups (broad SMARTS) is 1. The number of halogens is 3. The number of anilines is 1. The van der Waals surface area contributed by atoms with Crippen molar-refractivity contribution in [3.05, 3.63) is 63.9 Å². The number of hydrogen-bond acceptors (Lipinski definition) is 2. The SMILES string of the molecule is CC(Nc1ccccc1Cl)(C(=O)O)c1ccc(F)c(Cl)c1. The third-order valence-electron chi connectivity index (χ3n) is 3.18. The summed E-state index contributed by atoms with van der Waals surface area (Å²) in [6, 6.07) is 10.6. The summed E-state index contributed by atoms with van der Waals surface area (Å²) >= 11 is 11.8. The van der Waals surface area contributed by atoms with Gasteiger partial charge in [-0.1, -0.05) is 41.4 Å². The minimum atomic E-state index is -1.50. The molecule has 0 bridgehead atoms. The van der Waals surface area contributed by atoms with Crippen LogP contribution in [0.25, 0.3) is 0 Å². The van der Waals surface area contributed by atoms with E-state index in [1.54, 1.807) is 24.3 Å². The first-order chi connectivity index (χ1) is 9.84. The van der Waals surface area contributed by atoms with Crippen LogP contribution >= 0.6 is 23.2 Å². The summed E-state index contributed by atoms with van der Waals surface area (Å²) < 4.78 is 13.3. The minimum absolute atomic E-state index is 0.138. The van der Waals surface area contributed by atoms with Gasteiger partial charge in [-0.2, -0.15) is 0 Å². The predicted molar refractivity (Wildman–Crippen MR) is 81.5 cm³/mol. The Morgan fingerprint density at radius 2 is 1.86 bits per heavy atom. The van der Waals surface area contributed by atoms with Crippen LogP contribution in [0.1, 0.15) is 12.5 Å². The molecule has 2 N–H and O–H groups in total. The van der Waals surface area contributed by atoms with Crippen LogP contribution in [0.3, 0.4) is 0 Å². The molecule has 1 atom stereocenters. The molecule has 0 aliphatic carbocycles. The Kier molecular flexibility index (Phi) is 4.40. The summed E-state index contributed by atoms with van der Waals surface area (Å²) in [5, 5.41) is 12.7. The first kappa shape index (κ1) is 15.6. The fourth-order valence-corrected chi connectivity index (χ4v) is 2.25. The summed E-state index contributed by atoms with van der Waals surface area (Å²) in [6.07, 6.45) is 0. The molecule has 6 heteroatoms. The minimum Gasteiger partial charge on any atom is -0.479 e. The van der Waals surface area contributed by atoms with Crippen LogP contribution in [-0.2, 0) is 10.3 Å². The molecule has 0 saturated heterocycles. The molecule has 2 aromatic rings. The van der Waals surface area contributed by atoms with Crippen molar-refractivity contribution in [2.45, 2.75) is 12.5 Å². The van der Waals surface area contributed by atoms with E-state index in [-0.39, 0.29) is 5.02 Å². The number of rotatable bonds is 4. The lowest BCUT2D eigenvalue weighted by atomic mass is 9.91. The first-order valence-electron chi connectivity index (χ1n) is 6.06. The van der Waals surface area contributed by atoms with Crippen molar-refractivity contribution in [2.24, 2.45) is 0 Å². The standard InChI is InChI=1S/C15H12Cl2FNO2/c1-15(14(20)21,9-6-7-12(18)11(17)8-9)19-13-5-3-2-4-10(13)16/h2-8,19H,1H3,(H,20,21). The van der Waals surface area contributed by atoms with Crippen LogP contribution < -0.4 is 5.32 Å². The van der Waals surface area contributed by atoms with Crippen molar-refractivity contribution in [2.75, 3.05) is 5.32 Å². The van der Waals surface area contributed by atoms with E-state index in [0.717, 1.165) is 6.07 Å². The Morgan fingerprint density at radius 3 is 2.43 bits per heavy atom. The average Bonchev–Trinajstić information content (AvgIpc) is 2.44. The second-order valence-corrected chi connectivity index (χ2v) is 5.48. The lowest BCUT2D eigenvalue weighted by molar-refractivity contribution is -0.142. The Balaban J connectivity index is 2.48. The largest absolute Gasteiger partial charge is 0.479 e. The average molecular weight is 328 g/mol. The summed E-state index contributed by atoms with van der Waals surface area (Å²) in [4.78, 5) is 11.7. The van der Waals surface area contributed by atoms with Crippen molar-refractivity contribution in [3.8, 4) is 0 Å². The Labute approximate surface area is 131 Å². The number of carbonyl (C=O) groups is 1. The third-order valence-corrected chi connectivity index (χ3v) is 3.80. The monoisotopic (exact) mass is 327 g/mol. The maximum absolute atomic E-state index is 13.3. The van der Waals surface area contributed by atoms with Crippen molar-refractivity contribution in [3.63, 3.8) is 0 Å². The Morgan fingerprint density at radius 1 is 1.19 bits per heavy atom. The molecule has 1 unspecified atom stereocenters. The molecule has 3 nitrogen and oxygen atoms in total. The van der Waals surface area contributed by atoms with Crippen LogP contribution in [0.4, 0.5) is 10.1 Å². The summed E-state index contributed by atoms with van der Waals surface area (Å²) in [7, 11) is 0. The van der Waals surface area contributed by atoms with Crippen molar-refractivity contribution < 1.29 is 14.3 Å². The van der Waals surface area contributed by atoms with Gasteiger partial charge < -0.3 is 10.4 Å². The maximum Gasteiger partial charge on any atom is 0.333 e. The molecule has 0 radical (unpaired) electrons. The number of hydrogen-bond donors (Lipinski definition) is 2. The van der Waals surface area contributed by atoms with E-state index >= 15 is 0 Å². The van der Waals surface area contributed by atoms with Gasteiger partial charge in [-0.05, 0) is 36.8 Å². The summed E-state index contributed by atoms with van der Waals surface area (Å²) in [5.41, 5.74) is -0.715. The van der Waals surface area contributed by atoms with Gasteiger partial charge in [0.15, 0.2) is 5.54 Å². The molecule has 2 rings (SSSR count). The highest BCUT2D eigenvalue weighted by atomic mass is 35.5. The molecule has 2 aromatic carbocycles. The van der Waals surface area contributed by atoms with E-state index < -0.39 is 17.3 Å². The molecule has 21 heavy (non-hydrogen) atoms. The van der Waals surface area contributed by atoms with Gasteiger partial charge in [-0.3, -0.25) is 0 Å². The lowest BCUT2D eigenvalue weighted by Crippen LogP contribution is -2.40. The fraction of sp³-hybridized carbons (Fsp3) is 0.133. The first-order valence-corrected chi connectivity index (χ1v) is 6.82. The maximum atomic E-state index is 13.3. The lowest BCUT2D eigenvalue weighted by Gasteiger charge is -2.28. The van der Waals surface area contributed by atoms with Gasteiger partial charge >= 0.3 is 5.97 Å². The number of carboxylic acids is 1. The second kappa shape index (κ2) is 5.92. The summed E-state index contributed by atoms with van der Waals surface area (Å²) in [6.45, 7) is 1.46. The van der Waals surface area contributed by atoms with Crippen LogP contribution in [0.5, 0.6) is 0 Å². The zero-order chi connectivity index (χ0) is 15.6. The van der Waals surface area contributed by atoms with Crippen molar-refractivity contribution in [1.82, 2.24) is 0 Å². The van der Waals surface area contributed by atoms with Crippen LogP contribution in [0.2, 0.25) is 10.0 Å². The van der Waals surface area contributed by atoms with Gasteiger partial charge in [0.05, 0.1) is 15.7 Å². The molecule has 0 aliphatic rings.